The van der Waals surface area contributed by atoms with Crippen LogP contribution in [0.4, 0.5) is 0 Å². The monoisotopic (exact) mass is 423 g/mol. The minimum Gasteiger partial charge on any atom is -0.497 e. The Hall–Kier alpha value is -1.64. The lowest BCUT2D eigenvalue weighted by atomic mass is 9.94. The summed E-state index contributed by atoms with van der Waals surface area (Å²) in [6, 6.07) is 6.58. The minimum absolute atomic E-state index is 0.142. The van der Waals surface area contributed by atoms with Crippen molar-refractivity contribution in [1.29, 1.82) is 0 Å². The van der Waals surface area contributed by atoms with Gasteiger partial charge in [-0.15, -0.1) is 0 Å². The highest BCUT2D eigenvalue weighted by molar-refractivity contribution is 7.89. The molecule has 0 N–H and O–H groups in total. The van der Waals surface area contributed by atoms with E-state index in [0.29, 0.717) is 38.0 Å². The molecule has 0 unspecified atom stereocenters. The van der Waals surface area contributed by atoms with E-state index in [1.165, 1.54) is 23.6 Å². The number of likely N-dealkylation sites (N-methyl/N-ethyl adjacent to an activating group) is 1. The van der Waals surface area contributed by atoms with E-state index in [9.17, 15) is 13.2 Å². The quantitative estimate of drug-likeness (QED) is 0.701. The standard InChI is InChI=1S/C21H33N3O4S/c1-17(21(25)22(2)18-7-5-4-6-8-18)23-13-15-24(16-14-23)29(26,27)20-11-9-19(28-3)10-12-20/h9-12,17-18H,4-8,13-16H2,1-3H3/t17-/m1/s1. The van der Waals surface area contributed by atoms with Gasteiger partial charge in [0, 0.05) is 39.3 Å². The Labute approximate surface area is 174 Å². The van der Waals surface area contributed by atoms with Gasteiger partial charge >= 0.3 is 0 Å². The number of hydrogen-bond acceptors (Lipinski definition) is 5. The number of sulfonamides is 1. The van der Waals surface area contributed by atoms with Crippen molar-refractivity contribution in [2.24, 2.45) is 0 Å². The third-order valence-corrected chi connectivity index (χ3v) is 8.26. The summed E-state index contributed by atoms with van der Waals surface area (Å²) < 4.78 is 32.4. The minimum atomic E-state index is -3.53. The van der Waals surface area contributed by atoms with Gasteiger partial charge in [0.15, 0.2) is 0 Å². The zero-order chi connectivity index (χ0) is 21.0. The summed E-state index contributed by atoms with van der Waals surface area (Å²) in [4.78, 5) is 17.2. The highest BCUT2D eigenvalue weighted by Crippen LogP contribution is 2.24. The van der Waals surface area contributed by atoms with Crippen LogP contribution < -0.4 is 4.74 Å². The van der Waals surface area contributed by atoms with Crippen molar-refractivity contribution in [3.8, 4) is 5.75 Å². The van der Waals surface area contributed by atoms with E-state index in [4.69, 9.17) is 4.74 Å². The van der Waals surface area contributed by atoms with Crippen LogP contribution in [0.1, 0.15) is 39.0 Å². The van der Waals surface area contributed by atoms with Gasteiger partial charge in [0.1, 0.15) is 5.75 Å². The zero-order valence-electron chi connectivity index (χ0n) is 17.7. The predicted molar refractivity (Wildman–Crippen MR) is 112 cm³/mol. The van der Waals surface area contributed by atoms with Crippen molar-refractivity contribution < 1.29 is 17.9 Å². The van der Waals surface area contributed by atoms with Gasteiger partial charge in [0.05, 0.1) is 18.0 Å². The van der Waals surface area contributed by atoms with Gasteiger partial charge in [-0.05, 0) is 44.0 Å². The van der Waals surface area contributed by atoms with Gasteiger partial charge in [-0.1, -0.05) is 19.3 Å². The summed E-state index contributed by atoms with van der Waals surface area (Å²) in [6.07, 6.45) is 5.82. The van der Waals surface area contributed by atoms with Crippen molar-refractivity contribution in [3.63, 3.8) is 0 Å². The molecule has 1 aliphatic carbocycles. The molecule has 0 aromatic heterocycles. The van der Waals surface area contributed by atoms with Crippen LogP contribution >= 0.6 is 0 Å². The summed E-state index contributed by atoms with van der Waals surface area (Å²) in [5, 5.41) is 0. The summed E-state index contributed by atoms with van der Waals surface area (Å²) >= 11 is 0. The van der Waals surface area contributed by atoms with Crippen LogP contribution in [0.25, 0.3) is 0 Å². The summed E-state index contributed by atoms with van der Waals surface area (Å²) in [5.74, 6) is 0.770. The molecule has 1 saturated heterocycles. The number of carbonyl (C=O) groups excluding carboxylic acids is 1. The molecule has 1 amide bonds. The van der Waals surface area contributed by atoms with E-state index >= 15 is 0 Å². The van der Waals surface area contributed by atoms with Gasteiger partial charge in [-0.2, -0.15) is 4.31 Å². The van der Waals surface area contributed by atoms with Gasteiger partial charge in [-0.25, -0.2) is 8.42 Å². The Bertz CT molecular complexity index is 783. The van der Waals surface area contributed by atoms with Crippen molar-refractivity contribution in [2.45, 2.75) is 56.0 Å². The summed E-state index contributed by atoms with van der Waals surface area (Å²) in [6.45, 7) is 3.83. The molecule has 1 atom stereocenters. The third-order valence-electron chi connectivity index (χ3n) is 6.35. The fraction of sp³-hybridized carbons (Fsp3) is 0.667. The molecular formula is C21H33N3O4S. The predicted octanol–water partition coefficient (Wildman–Crippen LogP) is 2.18. The van der Waals surface area contributed by atoms with Crippen LogP contribution in [0, 0.1) is 0 Å². The van der Waals surface area contributed by atoms with Crippen LogP contribution in [0.2, 0.25) is 0 Å². The first kappa shape index (κ1) is 22.1. The van der Waals surface area contributed by atoms with Crippen LogP contribution in [-0.4, -0.2) is 80.9 Å². The molecule has 0 radical (unpaired) electrons. The maximum absolute atomic E-state index is 12.9. The second kappa shape index (κ2) is 9.45. The average molecular weight is 424 g/mol. The van der Waals surface area contributed by atoms with Gasteiger partial charge in [0.25, 0.3) is 0 Å². The maximum Gasteiger partial charge on any atom is 0.243 e. The zero-order valence-corrected chi connectivity index (χ0v) is 18.5. The number of methoxy groups -OCH3 is 1. The normalized spacial score (nSPS) is 20.9. The molecule has 1 saturated carbocycles. The molecule has 1 aromatic carbocycles. The van der Waals surface area contributed by atoms with Crippen LogP contribution in [0.15, 0.2) is 29.2 Å². The average Bonchev–Trinajstić information content (AvgIpc) is 2.78. The molecular weight excluding hydrogens is 390 g/mol. The lowest BCUT2D eigenvalue weighted by Gasteiger charge is -2.39. The molecule has 1 aliphatic heterocycles. The Morgan fingerprint density at radius 3 is 2.21 bits per heavy atom. The fourth-order valence-corrected chi connectivity index (χ4v) is 5.75. The number of hydrogen-bond donors (Lipinski definition) is 0. The maximum atomic E-state index is 12.9. The molecule has 0 spiro atoms. The highest BCUT2D eigenvalue weighted by Gasteiger charge is 2.34. The molecule has 7 nitrogen and oxygen atoms in total. The van der Waals surface area contributed by atoms with E-state index in [1.807, 2.05) is 18.9 Å². The first-order chi connectivity index (χ1) is 13.8. The first-order valence-electron chi connectivity index (χ1n) is 10.5. The molecule has 1 aromatic rings. The lowest BCUT2D eigenvalue weighted by molar-refractivity contribution is -0.138. The number of carbonyl (C=O) groups is 1. The summed E-state index contributed by atoms with van der Waals surface area (Å²) in [5.41, 5.74) is 0. The van der Waals surface area contributed by atoms with E-state index in [1.54, 1.807) is 31.4 Å². The number of rotatable bonds is 6. The van der Waals surface area contributed by atoms with Gasteiger partial charge in [-0.3, -0.25) is 9.69 Å². The SMILES string of the molecule is COc1ccc(S(=O)(=O)N2CCN([C@H](C)C(=O)N(C)C3CCCCC3)CC2)cc1. The Balaban J connectivity index is 1.58. The number of benzene rings is 1. The fourth-order valence-electron chi connectivity index (χ4n) is 4.33. The molecule has 1 heterocycles. The number of ether oxygens (including phenoxy) is 1. The van der Waals surface area contributed by atoms with Crippen LogP contribution in [-0.2, 0) is 14.8 Å². The molecule has 2 fully saturated rings. The second-order valence-corrected chi connectivity index (χ2v) is 9.97. The van der Waals surface area contributed by atoms with Crippen molar-refractivity contribution in [3.05, 3.63) is 24.3 Å². The van der Waals surface area contributed by atoms with Gasteiger partial charge in [0.2, 0.25) is 15.9 Å². The number of amides is 1. The topological polar surface area (TPSA) is 70.2 Å². The van der Waals surface area contributed by atoms with Crippen molar-refractivity contribution >= 4 is 15.9 Å². The molecule has 2 aliphatic rings. The summed E-state index contributed by atoms with van der Waals surface area (Å²) in [7, 11) is -0.0657. The Kier molecular flexibility index (Phi) is 7.19. The second-order valence-electron chi connectivity index (χ2n) is 8.03. The largest absolute Gasteiger partial charge is 0.497 e. The molecule has 0 bridgehead atoms. The third kappa shape index (κ3) is 4.92. The van der Waals surface area contributed by atoms with E-state index < -0.39 is 10.0 Å². The van der Waals surface area contributed by atoms with Gasteiger partial charge < -0.3 is 9.64 Å². The van der Waals surface area contributed by atoms with E-state index in [-0.39, 0.29) is 16.8 Å². The molecule has 29 heavy (non-hydrogen) atoms. The number of nitrogens with zero attached hydrogens (tertiary/aromatic N) is 3. The van der Waals surface area contributed by atoms with Crippen molar-refractivity contribution in [2.75, 3.05) is 40.3 Å². The van der Waals surface area contributed by atoms with E-state index in [0.717, 1.165) is 12.8 Å². The first-order valence-corrected chi connectivity index (χ1v) is 11.9. The van der Waals surface area contributed by atoms with Crippen LogP contribution in [0.5, 0.6) is 5.75 Å². The van der Waals surface area contributed by atoms with Crippen LogP contribution in [0.3, 0.4) is 0 Å². The molecule has 3 rings (SSSR count). The molecule has 162 valence electrons. The smallest absolute Gasteiger partial charge is 0.243 e. The Morgan fingerprint density at radius 2 is 1.66 bits per heavy atom. The lowest BCUT2D eigenvalue weighted by Crippen LogP contribution is -2.56. The Morgan fingerprint density at radius 1 is 1.07 bits per heavy atom. The van der Waals surface area contributed by atoms with Crippen molar-refractivity contribution in [1.82, 2.24) is 14.1 Å². The highest BCUT2D eigenvalue weighted by atomic mass is 32.2. The number of piperazine rings is 1. The van der Waals surface area contributed by atoms with E-state index in [2.05, 4.69) is 4.90 Å². The molecule has 8 heteroatoms.